The number of carbonyl (C=O) groups is 1. The van der Waals surface area contributed by atoms with Crippen LogP contribution in [0.25, 0.3) is 0 Å². The zero-order chi connectivity index (χ0) is 15.8. The highest BCUT2D eigenvalue weighted by atomic mass is 16.5. The van der Waals surface area contributed by atoms with E-state index in [9.17, 15) is 4.79 Å². The van der Waals surface area contributed by atoms with Crippen LogP contribution in [-0.4, -0.2) is 28.6 Å². The molecule has 1 aliphatic heterocycles. The molecule has 1 aliphatic carbocycles. The lowest BCUT2D eigenvalue weighted by atomic mass is 10.1. The van der Waals surface area contributed by atoms with Gasteiger partial charge in [-0.25, -0.2) is 4.98 Å². The van der Waals surface area contributed by atoms with Crippen molar-refractivity contribution in [2.24, 2.45) is 5.92 Å². The molecule has 2 aromatic rings. The summed E-state index contributed by atoms with van der Waals surface area (Å²) in [6.07, 6.45) is 6.68. The molecule has 1 N–H and O–H groups in total. The summed E-state index contributed by atoms with van der Waals surface area (Å²) in [5.41, 5.74) is 1.23. The number of amides is 1. The lowest BCUT2D eigenvalue weighted by Gasteiger charge is -2.24. The van der Waals surface area contributed by atoms with E-state index in [1.807, 2.05) is 24.5 Å². The second-order valence-corrected chi connectivity index (χ2v) is 6.46. The highest BCUT2D eigenvalue weighted by Crippen LogP contribution is 2.47. The maximum Gasteiger partial charge on any atom is 0.224 e. The van der Waals surface area contributed by atoms with Crippen LogP contribution >= 0.6 is 0 Å². The quantitative estimate of drug-likeness (QED) is 0.941. The maximum absolute atomic E-state index is 12.5. The summed E-state index contributed by atoms with van der Waals surface area (Å²) in [6, 6.07) is 8.28. The topological polar surface area (TPSA) is 56.1 Å². The van der Waals surface area contributed by atoms with E-state index in [-0.39, 0.29) is 17.9 Å². The third kappa shape index (κ3) is 2.83. The van der Waals surface area contributed by atoms with Crippen molar-refractivity contribution in [2.75, 3.05) is 7.11 Å². The van der Waals surface area contributed by atoms with Crippen molar-refractivity contribution in [3.63, 3.8) is 0 Å². The Balaban J connectivity index is 1.34. The number of ether oxygens (including phenoxy) is 1. The standard InChI is InChI=1S/C18H21N3O2/c1-23-14-5-2-12(3-6-14)15-10-16(15)18(22)20-13-4-7-17-19-8-9-21(17)11-13/h2-3,5-6,8-9,13,15-16H,4,7,10-11H2,1H3,(H,20,22). The van der Waals surface area contributed by atoms with Gasteiger partial charge in [0.15, 0.2) is 0 Å². The van der Waals surface area contributed by atoms with Crippen molar-refractivity contribution in [3.8, 4) is 5.75 Å². The molecule has 0 radical (unpaired) electrons. The molecule has 1 aromatic carbocycles. The Morgan fingerprint density at radius 2 is 2.17 bits per heavy atom. The number of aryl methyl sites for hydroxylation is 1. The Morgan fingerprint density at radius 3 is 2.96 bits per heavy atom. The minimum absolute atomic E-state index is 0.118. The first-order chi connectivity index (χ1) is 11.2. The summed E-state index contributed by atoms with van der Waals surface area (Å²) < 4.78 is 7.32. The average Bonchev–Trinajstić information content (AvgIpc) is 3.25. The van der Waals surface area contributed by atoms with Crippen LogP contribution in [0.4, 0.5) is 0 Å². The van der Waals surface area contributed by atoms with Gasteiger partial charge in [0.05, 0.1) is 7.11 Å². The molecule has 1 amide bonds. The molecule has 1 aromatic heterocycles. The van der Waals surface area contributed by atoms with Gasteiger partial charge in [-0.15, -0.1) is 0 Å². The Kier molecular flexibility index (Phi) is 3.56. The molecule has 3 unspecified atom stereocenters. The largest absolute Gasteiger partial charge is 0.497 e. The minimum Gasteiger partial charge on any atom is -0.497 e. The minimum atomic E-state index is 0.118. The van der Waals surface area contributed by atoms with Crippen molar-refractivity contribution >= 4 is 5.91 Å². The van der Waals surface area contributed by atoms with Gasteiger partial charge in [0, 0.05) is 37.3 Å². The van der Waals surface area contributed by atoms with Crippen LogP contribution < -0.4 is 10.1 Å². The third-order valence-electron chi connectivity index (χ3n) is 4.95. The zero-order valence-electron chi connectivity index (χ0n) is 13.2. The van der Waals surface area contributed by atoms with Gasteiger partial charge in [0.1, 0.15) is 11.6 Å². The van der Waals surface area contributed by atoms with E-state index < -0.39 is 0 Å². The van der Waals surface area contributed by atoms with Crippen molar-refractivity contribution in [1.82, 2.24) is 14.9 Å². The Morgan fingerprint density at radius 1 is 1.35 bits per heavy atom. The van der Waals surface area contributed by atoms with Gasteiger partial charge >= 0.3 is 0 Å². The second-order valence-electron chi connectivity index (χ2n) is 6.46. The van der Waals surface area contributed by atoms with E-state index in [4.69, 9.17) is 4.74 Å². The number of nitrogens with one attached hydrogen (secondary N) is 1. The van der Waals surface area contributed by atoms with Gasteiger partial charge in [-0.1, -0.05) is 12.1 Å². The lowest BCUT2D eigenvalue weighted by Crippen LogP contribution is -2.41. The molecule has 120 valence electrons. The van der Waals surface area contributed by atoms with Crippen LogP contribution in [-0.2, 0) is 17.8 Å². The van der Waals surface area contributed by atoms with Crippen molar-refractivity contribution in [2.45, 2.75) is 37.8 Å². The van der Waals surface area contributed by atoms with Crippen molar-refractivity contribution in [1.29, 1.82) is 0 Å². The zero-order valence-corrected chi connectivity index (χ0v) is 13.2. The summed E-state index contributed by atoms with van der Waals surface area (Å²) in [4.78, 5) is 16.8. The predicted octanol–water partition coefficient (Wildman–Crippen LogP) is 2.13. The van der Waals surface area contributed by atoms with Crippen LogP contribution in [0, 0.1) is 5.92 Å². The molecule has 3 atom stereocenters. The Hall–Kier alpha value is -2.30. The molecule has 2 aliphatic rings. The molecular weight excluding hydrogens is 290 g/mol. The highest BCUT2D eigenvalue weighted by Gasteiger charge is 2.44. The molecule has 4 rings (SSSR count). The fourth-order valence-corrected chi connectivity index (χ4v) is 3.50. The first-order valence-corrected chi connectivity index (χ1v) is 8.19. The molecule has 0 spiro atoms. The summed E-state index contributed by atoms with van der Waals surface area (Å²) in [5.74, 6) is 2.65. The van der Waals surface area contributed by atoms with E-state index in [0.29, 0.717) is 5.92 Å². The van der Waals surface area contributed by atoms with Gasteiger partial charge in [-0.05, 0) is 36.5 Å². The van der Waals surface area contributed by atoms with E-state index in [0.717, 1.165) is 37.4 Å². The molecular formula is C18H21N3O2. The number of hydrogen-bond donors (Lipinski definition) is 1. The molecule has 5 heteroatoms. The smallest absolute Gasteiger partial charge is 0.224 e. The molecule has 1 saturated carbocycles. The monoisotopic (exact) mass is 311 g/mol. The SMILES string of the molecule is COc1ccc(C2CC2C(=O)NC2CCc3nccn3C2)cc1. The number of fused-ring (bicyclic) bond motifs is 1. The molecule has 0 saturated heterocycles. The van der Waals surface area contributed by atoms with E-state index in [1.165, 1.54) is 5.56 Å². The van der Waals surface area contributed by atoms with Crippen LogP contribution in [0.5, 0.6) is 5.75 Å². The van der Waals surface area contributed by atoms with Crippen molar-refractivity contribution < 1.29 is 9.53 Å². The first kappa shape index (κ1) is 14.3. The fourth-order valence-electron chi connectivity index (χ4n) is 3.50. The summed E-state index contributed by atoms with van der Waals surface area (Å²) in [6.45, 7) is 0.834. The van der Waals surface area contributed by atoms with Crippen LogP contribution in [0.1, 0.15) is 30.1 Å². The van der Waals surface area contributed by atoms with E-state index in [1.54, 1.807) is 7.11 Å². The number of methoxy groups -OCH3 is 1. The van der Waals surface area contributed by atoms with E-state index >= 15 is 0 Å². The average molecular weight is 311 g/mol. The van der Waals surface area contributed by atoms with Gasteiger partial charge in [0.25, 0.3) is 0 Å². The first-order valence-electron chi connectivity index (χ1n) is 8.19. The Labute approximate surface area is 135 Å². The number of aromatic nitrogens is 2. The van der Waals surface area contributed by atoms with Gasteiger partial charge in [-0.3, -0.25) is 4.79 Å². The van der Waals surface area contributed by atoms with Crippen LogP contribution in [0.2, 0.25) is 0 Å². The molecule has 5 nitrogen and oxygen atoms in total. The number of hydrogen-bond acceptors (Lipinski definition) is 3. The van der Waals surface area contributed by atoms with Crippen molar-refractivity contribution in [3.05, 3.63) is 48.0 Å². The van der Waals surface area contributed by atoms with Gasteiger partial charge < -0.3 is 14.6 Å². The normalized spacial score (nSPS) is 25.5. The molecule has 2 heterocycles. The second kappa shape index (κ2) is 5.72. The van der Waals surface area contributed by atoms with Gasteiger partial charge in [-0.2, -0.15) is 0 Å². The number of imidazole rings is 1. The van der Waals surface area contributed by atoms with Crippen LogP contribution in [0.3, 0.4) is 0 Å². The van der Waals surface area contributed by atoms with E-state index in [2.05, 4.69) is 27.0 Å². The summed E-state index contributed by atoms with van der Waals surface area (Å²) in [7, 11) is 1.66. The number of benzene rings is 1. The lowest BCUT2D eigenvalue weighted by molar-refractivity contribution is -0.123. The number of rotatable bonds is 4. The predicted molar refractivity (Wildman–Crippen MR) is 86.3 cm³/mol. The molecule has 0 bridgehead atoms. The fraction of sp³-hybridized carbons (Fsp3) is 0.444. The van der Waals surface area contributed by atoms with Crippen LogP contribution in [0.15, 0.2) is 36.7 Å². The third-order valence-corrected chi connectivity index (χ3v) is 4.95. The Bertz CT molecular complexity index is 707. The number of carbonyl (C=O) groups excluding carboxylic acids is 1. The highest BCUT2D eigenvalue weighted by molar-refractivity contribution is 5.83. The molecule has 1 fully saturated rings. The summed E-state index contributed by atoms with van der Waals surface area (Å²) in [5, 5.41) is 3.22. The molecule has 23 heavy (non-hydrogen) atoms. The maximum atomic E-state index is 12.5. The number of nitrogens with zero attached hydrogens (tertiary/aromatic N) is 2. The van der Waals surface area contributed by atoms with Gasteiger partial charge in [0.2, 0.25) is 5.91 Å². The summed E-state index contributed by atoms with van der Waals surface area (Å²) >= 11 is 0.